The number of nitrogens with one attached hydrogen (secondary N) is 1. The van der Waals surface area contributed by atoms with Crippen molar-refractivity contribution in [2.75, 3.05) is 0 Å². The molecule has 4 nitrogen and oxygen atoms in total. The summed E-state index contributed by atoms with van der Waals surface area (Å²) < 4.78 is 19.4. The maximum absolute atomic E-state index is 10.6. The molecule has 9 heavy (non-hydrogen) atoms. The second kappa shape index (κ2) is 2.21. The minimum Gasteiger partial charge on any atom is -0.418 e. The fraction of sp³-hybridized carbons (Fsp3) is 0.333. The predicted octanol–water partition coefficient (Wildman–Crippen LogP) is 1.75. The van der Waals surface area contributed by atoms with Crippen LogP contribution in [-0.4, -0.2) is 0 Å². The largest absolute Gasteiger partial charge is 0.497 e. The van der Waals surface area contributed by atoms with Crippen LogP contribution in [0.15, 0.2) is 12.0 Å². The summed E-state index contributed by atoms with van der Waals surface area (Å²) in [6.45, 7) is -1.65. The lowest BCUT2D eigenvalue weighted by atomic mass is 10.6. The van der Waals surface area contributed by atoms with Crippen LogP contribution in [0.5, 0.6) is 0 Å². The van der Waals surface area contributed by atoms with E-state index < -0.39 is 6.95 Å². The van der Waals surface area contributed by atoms with Crippen molar-refractivity contribution in [3.8, 4) is 0 Å². The average Bonchev–Trinajstić information content (AvgIpc) is 1.78. The lowest BCUT2D eigenvalue weighted by Crippen LogP contribution is -2.13. The highest BCUT2D eigenvalue weighted by atomic mass is 35.7. The normalized spacial score (nSPS) is 34.2. The summed E-state index contributed by atoms with van der Waals surface area (Å²) >= 11 is 5.14. The first-order valence-electron chi connectivity index (χ1n) is 2.20. The highest BCUT2D eigenvalue weighted by Gasteiger charge is 2.24. The van der Waals surface area contributed by atoms with Gasteiger partial charge in [0.2, 0.25) is 0 Å². The van der Waals surface area contributed by atoms with Crippen LogP contribution in [-0.2, 0) is 13.7 Å². The summed E-state index contributed by atoms with van der Waals surface area (Å²) in [6, 6.07) is 0. The van der Waals surface area contributed by atoms with Gasteiger partial charge in [-0.15, -0.1) is 0 Å². The predicted molar refractivity (Wildman–Crippen MR) is 32.5 cm³/mol. The van der Waals surface area contributed by atoms with E-state index in [0.29, 0.717) is 5.70 Å². The highest BCUT2D eigenvalue weighted by Crippen LogP contribution is 2.54. The first kappa shape index (κ1) is 6.93. The maximum atomic E-state index is 10.6. The molecule has 1 N–H and O–H groups in total. The third kappa shape index (κ3) is 1.90. The van der Waals surface area contributed by atoms with Gasteiger partial charge in [0.25, 0.3) is 0 Å². The molecule has 0 radical (unpaired) electrons. The molecule has 6 heteroatoms. The van der Waals surface area contributed by atoms with E-state index in [2.05, 4.69) is 14.6 Å². The molecule has 1 atom stereocenters. The van der Waals surface area contributed by atoms with Crippen LogP contribution in [0.25, 0.3) is 0 Å². The summed E-state index contributed by atoms with van der Waals surface area (Å²) in [4.78, 5) is 0. The van der Waals surface area contributed by atoms with Crippen molar-refractivity contribution in [3.63, 3.8) is 0 Å². The standard InChI is InChI=1S/C3H5ClNO3P/c1-3-2-7-9(4,6)8-5-3/h2,5H,1H3. The zero-order chi connectivity index (χ0) is 6.91. The van der Waals surface area contributed by atoms with E-state index in [1.807, 2.05) is 0 Å². The molecule has 0 fully saturated rings. The molecule has 0 aliphatic carbocycles. The Bertz CT molecular complexity index is 191. The monoisotopic (exact) mass is 169 g/mol. The Hall–Kier alpha value is -0.180. The number of hydrogen-bond acceptors (Lipinski definition) is 4. The Balaban J connectivity index is 2.67. The number of halogens is 1. The summed E-state index contributed by atoms with van der Waals surface area (Å²) in [5.41, 5.74) is 2.94. The zero-order valence-corrected chi connectivity index (χ0v) is 6.28. The number of hydroxylamine groups is 1. The first-order valence-corrected chi connectivity index (χ1v) is 4.64. The Morgan fingerprint density at radius 3 is 2.89 bits per heavy atom. The second-order valence-electron chi connectivity index (χ2n) is 1.53. The smallest absolute Gasteiger partial charge is 0.418 e. The second-order valence-corrected chi connectivity index (χ2v) is 4.03. The van der Waals surface area contributed by atoms with Crippen LogP contribution in [0.3, 0.4) is 0 Å². The van der Waals surface area contributed by atoms with E-state index in [-0.39, 0.29) is 0 Å². The number of hydrogen-bond donors (Lipinski definition) is 1. The number of allylic oxidation sites excluding steroid dienone is 1. The fourth-order valence-corrected chi connectivity index (χ4v) is 1.12. The molecular weight excluding hydrogens is 164 g/mol. The van der Waals surface area contributed by atoms with Crippen molar-refractivity contribution in [1.29, 1.82) is 0 Å². The quantitative estimate of drug-likeness (QED) is 0.561. The molecule has 1 unspecified atom stereocenters. The van der Waals surface area contributed by atoms with Gasteiger partial charge in [-0.1, -0.05) is 0 Å². The van der Waals surface area contributed by atoms with E-state index >= 15 is 0 Å². The van der Waals surface area contributed by atoms with Crippen molar-refractivity contribution < 1.29 is 13.7 Å². The Kier molecular flexibility index (Phi) is 1.70. The molecule has 1 aliphatic rings. The van der Waals surface area contributed by atoms with E-state index in [1.165, 1.54) is 6.26 Å². The van der Waals surface area contributed by atoms with Gasteiger partial charge in [-0.05, 0) is 6.92 Å². The first-order chi connectivity index (χ1) is 4.10. The van der Waals surface area contributed by atoms with Crippen molar-refractivity contribution >= 4 is 18.2 Å². The van der Waals surface area contributed by atoms with Gasteiger partial charge in [0.05, 0.1) is 5.70 Å². The van der Waals surface area contributed by atoms with E-state index in [9.17, 15) is 4.57 Å². The van der Waals surface area contributed by atoms with Gasteiger partial charge in [-0.2, -0.15) is 4.62 Å². The third-order valence-electron chi connectivity index (χ3n) is 0.671. The SMILES string of the molecule is CC1=COP(=O)(Cl)ON1. The van der Waals surface area contributed by atoms with Crippen LogP contribution >= 0.6 is 18.2 Å². The molecular formula is C3H5ClNO3P. The van der Waals surface area contributed by atoms with Crippen LogP contribution in [0.2, 0.25) is 0 Å². The summed E-state index contributed by atoms with van der Waals surface area (Å²) in [5.74, 6) is 0. The molecule has 52 valence electrons. The Labute approximate surface area is 57.1 Å². The Morgan fingerprint density at radius 2 is 2.56 bits per heavy atom. The van der Waals surface area contributed by atoms with Crippen LogP contribution < -0.4 is 5.48 Å². The summed E-state index contributed by atoms with van der Waals surface area (Å²) in [5, 5.41) is 0. The van der Waals surface area contributed by atoms with Crippen LogP contribution in [0, 0.1) is 0 Å². The third-order valence-corrected chi connectivity index (χ3v) is 1.78. The van der Waals surface area contributed by atoms with Gasteiger partial charge in [0.15, 0.2) is 0 Å². The molecule has 0 spiro atoms. The van der Waals surface area contributed by atoms with Crippen molar-refractivity contribution in [2.45, 2.75) is 6.92 Å². The minimum absolute atomic E-state index is 0.627. The van der Waals surface area contributed by atoms with Gasteiger partial charge in [0.1, 0.15) is 6.26 Å². The topological polar surface area (TPSA) is 47.6 Å². The van der Waals surface area contributed by atoms with E-state index in [4.69, 9.17) is 11.2 Å². The molecule has 1 rings (SSSR count). The minimum atomic E-state index is -3.34. The molecule has 0 amide bonds. The van der Waals surface area contributed by atoms with E-state index in [1.54, 1.807) is 6.92 Å². The van der Waals surface area contributed by atoms with Gasteiger partial charge in [-0.25, -0.2) is 4.57 Å². The molecule has 0 bridgehead atoms. The zero-order valence-electron chi connectivity index (χ0n) is 4.63. The average molecular weight is 170 g/mol. The molecule has 1 aliphatic heterocycles. The van der Waals surface area contributed by atoms with E-state index in [0.717, 1.165) is 0 Å². The van der Waals surface area contributed by atoms with Crippen molar-refractivity contribution in [1.82, 2.24) is 5.48 Å². The van der Waals surface area contributed by atoms with Crippen molar-refractivity contribution in [3.05, 3.63) is 12.0 Å². The van der Waals surface area contributed by atoms with Gasteiger partial charge in [0, 0.05) is 11.2 Å². The van der Waals surface area contributed by atoms with Gasteiger partial charge < -0.3 is 4.52 Å². The lowest BCUT2D eigenvalue weighted by Gasteiger charge is -2.16. The lowest BCUT2D eigenvalue weighted by molar-refractivity contribution is 0.174. The molecule has 0 aromatic rings. The van der Waals surface area contributed by atoms with Gasteiger partial charge in [-0.3, -0.25) is 5.48 Å². The van der Waals surface area contributed by atoms with Gasteiger partial charge >= 0.3 is 6.95 Å². The summed E-state index contributed by atoms with van der Waals surface area (Å²) in [6.07, 6.45) is 1.25. The van der Waals surface area contributed by atoms with Crippen LogP contribution in [0.1, 0.15) is 6.92 Å². The molecule has 0 aromatic carbocycles. The highest BCUT2D eigenvalue weighted by molar-refractivity contribution is 7.81. The summed E-state index contributed by atoms with van der Waals surface area (Å²) in [7, 11) is 0. The maximum Gasteiger partial charge on any atom is 0.497 e. The molecule has 0 aromatic heterocycles. The van der Waals surface area contributed by atoms with Crippen molar-refractivity contribution in [2.24, 2.45) is 0 Å². The molecule has 0 saturated carbocycles. The fourth-order valence-electron chi connectivity index (χ4n) is 0.314. The molecule has 1 heterocycles. The Morgan fingerprint density at radius 1 is 1.89 bits per heavy atom. The van der Waals surface area contributed by atoms with Crippen LogP contribution in [0.4, 0.5) is 0 Å². The number of rotatable bonds is 0. The molecule has 0 saturated heterocycles.